The lowest BCUT2D eigenvalue weighted by atomic mass is 10.0. The number of hydrogen-bond donors (Lipinski definition) is 2. The average molecular weight is 340 g/mol. The molecule has 3 N–H and O–H groups in total. The minimum Gasteiger partial charge on any atom is -0.480 e. The Morgan fingerprint density at radius 1 is 1.27 bits per heavy atom. The predicted molar refractivity (Wildman–Crippen MR) is 67.6 cm³/mol. The fourth-order valence-electron chi connectivity index (χ4n) is 1.72. The zero-order valence-corrected chi connectivity index (χ0v) is 11.8. The van der Waals surface area contributed by atoms with Crippen molar-refractivity contribution in [1.82, 2.24) is 4.90 Å². The number of aliphatic carboxylic acids is 1. The Bertz CT molecular complexity index is 608. The molecule has 0 aromatic heterocycles. The largest absolute Gasteiger partial charge is 0.492 e. The molecule has 0 bridgehead atoms. The number of nitrogens with zero attached hydrogens (tertiary/aromatic N) is 3. The minimum absolute atomic E-state index is 0.648. The summed E-state index contributed by atoms with van der Waals surface area (Å²) >= 11 is 0. The predicted octanol–water partition coefficient (Wildman–Crippen LogP) is -3.09. The number of likely N-dealkylation sites (tertiary alicyclic amines) is 1. The van der Waals surface area contributed by atoms with Gasteiger partial charge in [0.2, 0.25) is 5.91 Å². The van der Waals surface area contributed by atoms with Gasteiger partial charge in [0.25, 0.3) is 0 Å². The molecule has 124 valence electrons. The molecule has 0 aromatic carbocycles. The van der Waals surface area contributed by atoms with Gasteiger partial charge in [0.1, 0.15) is 21.6 Å². The lowest BCUT2D eigenvalue weighted by molar-refractivity contribution is -0.809. The monoisotopic (exact) mass is 340 g/mol. The third-order valence-electron chi connectivity index (χ3n) is 3.01. The molecular weight excluding hydrogens is 328 g/mol. The molecule has 1 atom stereocenters. The molecule has 0 aliphatic carbocycles. The third kappa shape index (κ3) is 3.45. The number of amides is 1. The summed E-state index contributed by atoms with van der Waals surface area (Å²) in [5.41, 5.74) is 2.51. The van der Waals surface area contributed by atoms with E-state index in [-0.39, 0.29) is 0 Å². The lowest BCUT2D eigenvalue weighted by Crippen LogP contribution is -2.71. The highest BCUT2D eigenvalue weighted by Crippen LogP contribution is 2.25. The molecule has 1 saturated heterocycles. The first kappa shape index (κ1) is 17.7. The molecule has 0 unspecified atom stereocenters. The summed E-state index contributed by atoms with van der Waals surface area (Å²) in [7, 11) is -4.16. The smallest absolute Gasteiger partial charge is 0.480 e. The molecule has 0 aromatic rings. The second-order valence-corrected chi connectivity index (χ2v) is 6.85. The highest BCUT2D eigenvalue weighted by molar-refractivity contribution is 7.92. The number of carboxylic acids is 1. The molecule has 0 spiro atoms. The molecule has 0 saturated carbocycles. The van der Waals surface area contributed by atoms with Gasteiger partial charge in [-0.2, -0.15) is 0 Å². The van der Waals surface area contributed by atoms with Gasteiger partial charge in [0.05, 0.1) is 5.75 Å². The first-order valence-corrected chi connectivity index (χ1v) is 7.49. The SMILES string of the molecule is N[C@@H](CS(=O)(=O)CC(=O)N1CC([N+](=O)[O-])([N+](=O)[O-])C1)C(=O)O. The van der Waals surface area contributed by atoms with Gasteiger partial charge < -0.3 is 15.7 Å². The van der Waals surface area contributed by atoms with Crippen LogP contribution in [0.2, 0.25) is 0 Å². The Morgan fingerprint density at radius 3 is 2.09 bits per heavy atom. The highest BCUT2D eigenvalue weighted by Gasteiger charge is 2.67. The molecule has 1 amide bonds. The standard InChI is InChI=1S/C8H12N4O9S/c9-5(7(14)15)1-22(20,21)2-6(13)10-3-8(4-10,11(16)17)12(18)19/h5H,1-4,9H2,(H,14,15)/t5-/m0/s1. The maximum atomic E-state index is 11.6. The number of hydrogen-bond acceptors (Lipinski definition) is 9. The zero-order valence-electron chi connectivity index (χ0n) is 10.9. The summed E-state index contributed by atoms with van der Waals surface area (Å²) in [6.45, 7) is -1.71. The van der Waals surface area contributed by atoms with Crippen molar-refractivity contribution in [2.75, 3.05) is 24.6 Å². The van der Waals surface area contributed by atoms with Crippen LogP contribution in [0.25, 0.3) is 0 Å². The first-order valence-electron chi connectivity index (χ1n) is 5.67. The van der Waals surface area contributed by atoms with Crippen molar-refractivity contribution in [3.05, 3.63) is 20.2 Å². The zero-order chi connectivity index (χ0) is 17.3. The summed E-state index contributed by atoms with van der Waals surface area (Å²) in [4.78, 5) is 41.7. The molecule has 14 heteroatoms. The van der Waals surface area contributed by atoms with Crippen LogP contribution in [-0.4, -0.2) is 76.4 Å². The minimum atomic E-state index is -4.16. The number of carboxylic acid groups (broad SMARTS) is 1. The third-order valence-corrected chi connectivity index (χ3v) is 4.57. The molecule has 1 fully saturated rings. The van der Waals surface area contributed by atoms with Crippen molar-refractivity contribution >= 4 is 21.7 Å². The van der Waals surface area contributed by atoms with Crippen LogP contribution in [0, 0.1) is 20.2 Å². The Balaban J connectivity index is 2.68. The van der Waals surface area contributed by atoms with E-state index in [2.05, 4.69) is 0 Å². The average Bonchev–Trinajstić information content (AvgIpc) is 2.24. The van der Waals surface area contributed by atoms with Crippen LogP contribution in [0.3, 0.4) is 0 Å². The molecule has 1 rings (SSSR count). The Hall–Kier alpha value is -2.35. The van der Waals surface area contributed by atoms with E-state index in [9.17, 15) is 38.2 Å². The molecule has 1 heterocycles. The number of carbonyl (C=O) groups excluding carboxylic acids is 1. The fraction of sp³-hybridized carbons (Fsp3) is 0.750. The van der Waals surface area contributed by atoms with Crippen LogP contribution < -0.4 is 5.73 Å². The quantitative estimate of drug-likeness (QED) is 0.271. The Kier molecular flexibility index (Phi) is 4.67. The topological polar surface area (TPSA) is 204 Å². The van der Waals surface area contributed by atoms with Crippen molar-refractivity contribution in [2.24, 2.45) is 5.73 Å². The second kappa shape index (κ2) is 5.80. The number of nitro groups is 2. The maximum Gasteiger partial charge on any atom is 0.492 e. The van der Waals surface area contributed by atoms with E-state index in [0.717, 1.165) is 0 Å². The van der Waals surface area contributed by atoms with Crippen molar-refractivity contribution < 1.29 is 33.0 Å². The molecule has 1 aliphatic rings. The number of nitrogens with two attached hydrogens (primary N) is 1. The fourth-order valence-corrected chi connectivity index (χ4v) is 3.09. The van der Waals surface area contributed by atoms with Crippen LogP contribution in [0.1, 0.15) is 0 Å². The van der Waals surface area contributed by atoms with Gasteiger partial charge in [-0.25, -0.2) is 8.42 Å². The molecule has 13 nitrogen and oxygen atoms in total. The number of rotatable bonds is 7. The lowest BCUT2D eigenvalue weighted by Gasteiger charge is -2.35. The van der Waals surface area contributed by atoms with Crippen molar-refractivity contribution in [2.45, 2.75) is 11.7 Å². The summed E-state index contributed by atoms with van der Waals surface area (Å²) in [5.74, 6) is -4.77. The van der Waals surface area contributed by atoms with Gasteiger partial charge in [0.15, 0.2) is 22.9 Å². The van der Waals surface area contributed by atoms with E-state index in [4.69, 9.17) is 10.8 Å². The van der Waals surface area contributed by atoms with Crippen LogP contribution in [0.4, 0.5) is 0 Å². The van der Waals surface area contributed by atoms with Gasteiger partial charge >= 0.3 is 11.6 Å². The van der Waals surface area contributed by atoms with E-state index < -0.39 is 67.9 Å². The molecular formula is C8H12N4O9S. The maximum absolute atomic E-state index is 11.6. The van der Waals surface area contributed by atoms with Gasteiger partial charge in [-0.1, -0.05) is 0 Å². The Morgan fingerprint density at radius 2 is 1.73 bits per heavy atom. The van der Waals surface area contributed by atoms with E-state index >= 15 is 0 Å². The number of sulfone groups is 1. The summed E-state index contributed by atoms with van der Waals surface area (Å²) in [6, 6.07) is -1.72. The molecule has 1 aliphatic heterocycles. The summed E-state index contributed by atoms with van der Waals surface area (Å²) in [5, 5.41) is 29.8. The number of carbonyl (C=O) groups is 2. The van der Waals surface area contributed by atoms with E-state index in [1.54, 1.807) is 0 Å². The second-order valence-electron chi connectivity index (χ2n) is 4.75. The summed E-state index contributed by atoms with van der Waals surface area (Å²) in [6.07, 6.45) is 0. The normalized spacial score (nSPS) is 18.1. The summed E-state index contributed by atoms with van der Waals surface area (Å²) < 4.78 is 23.1. The van der Waals surface area contributed by atoms with Gasteiger partial charge in [-0.05, 0) is 0 Å². The van der Waals surface area contributed by atoms with Gasteiger partial charge in [-0.15, -0.1) is 0 Å². The van der Waals surface area contributed by atoms with E-state index in [1.165, 1.54) is 0 Å². The first-order chi connectivity index (χ1) is 9.91. The van der Waals surface area contributed by atoms with Crippen LogP contribution in [0.15, 0.2) is 0 Å². The molecule has 0 radical (unpaired) electrons. The van der Waals surface area contributed by atoms with Crippen LogP contribution in [0.5, 0.6) is 0 Å². The van der Waals surface area contributed by atoms with Gasteiger partial charge in [0, 0.05) is 0 Å². The van der Waals surface area contributed by atoms with Crippen LogP contribution in [-0.2, 0) is 19.4 Å². The van der Waals surface area contributed by atoms with Gasteiger partial charge in [-0.3, -0.25) is 29.8 Å². The van der Waals surface area contributed by atoms with E-state index in [0.29, 0.717) is 4.90 Å². The molecule has 22 heavy (non-hydrogen) atoms. The van der Waals surface area contributed by atoms with Crippen molar-refractivity contribution in [1.29, 1.82) is 0 Å². The van der Waals surface area contributed by atoms with Crippen LogP contribution >= 0.6 is 0 Å². The van der Waals surface area contributed by atoms with E-state index in [1.807, 2.05) is 0 Å². The Labute approximate surface area is 122 Å². The van der Waals surface area contributed by atoms with Crippen molar-refractivity contribution in [3.8, 4) is 0 Å². The highest BCUT2D eigenvalue weighted by atomic mass is 32.2. The van der Waals surface area contributed by atoms with Crippen molar-refractivity contribution in [3.63, 3.8) is 0 Å².